The highest BCUT2D eigenvalue weighted by Gasteiger charge is 2.30. The van der Waals surface area contributed by atoms with E-state index in [9.17, 15) is 13.2 Å². The van der Waals surface area contributed by atoms with Crippen LogP contribution in [0, 0.1) is 0 Å². The second kappa shape index (κ2) is 5.40. The minimum Gasteiger partial charge on any atom is -0.350 e. The molecule has 0 bridgehead atoms. The highest BCUT2D eigenvalue weighted by molar-refractivity contribution is 9.10. The van der Waals surface area contributed by atoms with Crippen molar-refractivity contribution in [3.63, 3.8) is 0 Å². The lowest BCUT2D eigenvalue weighted by molar-refractivity contribution is 0.0950. The summed E-state index contributed by atoms with van der Waals surface area (Å²) < 4.78 is 22.8. The zero-order chi connectivity index (χ0) is 14.0. The highest BCUT2D eigenvalue weighted by Crippen LogP contribution is 2.15. The van der Waals surface area contributed by atoms with Crippen molar-refractivity contribution in [1.82, 2.24) is 5.32 Å². The molecule has 0 aliphatic carbocycles. The summed E-state index contributed by atoms with van der Waals surface area (Å²) in [4.78, 5) is 11.8. The summed E-state index contributed by atoms with van der Waals surface area (Å²) in [6, 6.07) is 6.92. The number of hydrogen-bond acceptors (Lipinski definition) is 3. The van der Waals surface area contributed by atoms with E-state index in [1.807, 2.05) is 6.07 Å². The summed E-state index contributed by atoms with van der Waals surface area (Å²) in [5.74, 6) is -0.284. The first-order valence-electron chi connectivity index (χ1n) is 5.37. The molecule has 6 heteroatoms. The van der Waals surface area contributed by atoms with Crippen LogP contribution in [-0.2, 0) is 9.84 Å². The van der Waals surface area contributed by atoms with E-state index in [-0.39, 0.29) is 12.5 Å². The Morgan fingerprint density at radius 2 is 2.00 bits per heavy atom. The fourth-order valence-electron chi connectivity index (χ4n) is 1.16. The fraction of sp³-hybridized carbons (Fsp3) is 0.417. The monoisotopic (exact) mass is 333 g/mol. The van der Waals surface area contributed by atoms with Crippen molar-refractivity contribution in [2.24, 2.45) is 0 Å². The van der Waals surface area contributed by atoms with Crippen LogP contribution in [0.4, 0.5) is 0 Å². The zero-order valence-corrected chi connectivity index (χ0v) is 12.9. The second-order valence-corrected chi connectivity index (χ2v) is 8.29. The molecule has 0 saturated carbocycles. The molecular weight excluding hydrogens is 318 g/mol. The van der Waals surface area contributed by atoms with Crippen molar-refractivity contribution in [3.8, 4) is 0 Å². The largest absolute Gasteiger partial charge is 0.350 e. The third kappa shape index (κ3) is 3.81. The van der Waals surface area contributed by atoms with Gasteiger partial charge in [0.1, 0.15) is 0 Å². The van der Waals surface area contributed by atoms with Crippen LogP contribution < -0.4 is 5.32 Å². The first kappa shape index (κ1) is 15.2. The predicted octanol–water partition coefficient (Wildman–Crippen LogP) is 2.00. The SMILES string of the molecule is CC(C)(CNC(=O)c1cccc(Br)c1)S(C)(=O)=O. The van der Waals surface area contributed by atoms with Crippen LogP contribution in [-0.4, -0.2) is 31.9 Å². The van der Waals surface area contributed by atoms with Gasteiger partial charge in [-0.15, -0.1) is 0 Å². The van der Waals surface area contributed by atoms with Crippen LogP contribution >= 0.6 is 15.9 Å². The molecule has 0 aromatic heterocycles. The molecule has 0 fully saturated rings. The third-order valence-corrected chi connectivity index (χ3v) is 5.41. The molecule has 18 heavy (non-hydrogen) atoms. The summed E-state index contributed by atoms with van der Waals surface area (Å²) in [5, 5.41) is 2.63. The summed E-state index contributed by atoms with van der Waals surface area (Å²) in [5.41, 5.74) is 0.494. The van der Waals surface area contributed by atoms with E-state index in [1.165, 1.54) is 0 Å². The number of carbonyl (C=O) groups excluding carboxylic acids is 1. The van der Waals surface area contributed by atoms with E-state index >= 15 is 0 Å². The molecule has 0 heterocycles. The summed E-state index contributed by atoms with van der Waals surface area (Å²) in [6.07, 6.45) is 1.16. The van der Waals surface area contributed by atoms with Crippen LogP contribution in [0.3, 0.4) is 0 Å². The number of carbonyl (C=O) groups is 1. The van der Waals surface area contributed by atoms with Crippen molar-refractivity contribution in [2.45, 2.75) is 18.6 Å². The van der Waals surface area contributed by atoms with E-state index in [0.717, 1.165) is 10.7 Å². The summed E-state index contributed by atoms with van der Waals surface area (Å²) in [6.45, 7) is 3.25. The standard InChI is InChI=1S/C12H16BrNO3S/c1-12(2,18(3,16)17)8-14-11(15)9-5-4-6-10(13)7-9/h4-7H,8H2,1-3H3,(H,14,15). The van der Waals surface area contributed by atoms with Crippen molar-refractivity contribution in [1.29, 1.82) is 0 Å². The Labute approximate surface area is 116 Å². The smallest absolute Gasteiger partial charge is 0.251 e. The molecule has 0 unspecified atom stereocenters. The minimum absolute atomic E-state index is 0.0805. The molecule has 0 aliphatic heterocycles. The third-order valence-electron chi connectivity index (χ3n) is 2.77. The Kier molecular flexibility index (Phi) is 4.55. The van der Waals surface area contributed by atoms with Crippen LogP contribution in [0.2, 0.25) is 0 Å². The predicted molar refractivity (Wildman–Crippen MR) is 75.4 cm³/mol. The summed E-state index contributed by atoms with van der Waals surface area (Å²) >= 11 is 3.28. The van der Waals surface area contributed by atoms with Gasteiger partial charge in [0.05, 0.1) is 4.75 Å². The van der Waals surface area contributed by atoms with Crippen LogP contribution in [0.15, 0.2) is 28.7 Å². The average molecular weight is 334 g/mol. The van der Waals surface area contributed by atoms with Crippen LogP contribution in [0.1, 0.15) is 24.2 Å². The van der Waals surface area contributed by atoms with Crippen molar-refractivity contribution in [2.75, 3.05) is 12.8 Å². The van der Waals surface area contributed by atoms with E-state index in [2.05, 4.69) is 21.2 Å². The Morgan fingerprint density at radius 1 is 1.39 bits per heavy atom. The molecule has 1 rings (SSSR count). The molecule has 4 nitrogen and oxygen atoms in total. The van der Waals surface area contributed by atoms with Gasteiger partial charge in [0, 0.05) is 22.8 Å². The zero-order valence-electron chi connectivity index (χ0n) is 10.5. The van der Waals surface area contributed by atoms with Gasteiger partial charge in [0.25, 0.3) is 5.91 Å². The Balaban J connectivity index is 2.74. The molecule has 0 saturated heterocycles. The van der Waals surface area contributed by atoms with E-state index < -0.39 is 14.6 Å². The Bertz CT molecular complexity index is 552. The average Bonchev–Trinajstić information content (AvgIpc) is 2.24. The number of sulfone groups is 1. The summed E-state index contributed by atoms with van der Waals surface area (Å²) in [7, 11) is -3.21. The lowest BCUT2D eigenvalue weighted by Crippen LogP contribution is -2.43. The minimum atomic E-state index is -3.21. The molecule has 0 atom stereocenters. The first-order valence-corrected chi connectivity index (χ1v) is 8.05. The number of nitrogens with one attached hydrogen (secondary N) is 1. The van der Waals surface area contributed by atoms with E-state index in [0.29, 0.717) is 5.56 Å². The Hall–Kier alpha value is -0.880. The van der Waals surface area contributed by atoms with Gasteiger partial charge in [0.2, 0.25) is 0 Å². The van der Waals surface area contributed by atoms with Gasteiger partial charge in [-0.05, 0) is 32.0 Å². The van der Waals surface area contributed by atoms with Gasteiger partial charge < -0.3 is 5.32 Å². The van der Waals surface area contributed by atoms with Crippen molar-refractivity contribution < 1.29 is 13.2 Å². The topological polar surface area (TPSA) is 63.2 Å². The first-order chi connectivity index (χ1) is 8.13. The number of halogens is 1. The molecule has 1 amide bonds. The van der Waals surface area contributed by atoms with E-state index in [1.54, 1.807) is 32.0 Å². The maximum atomic E-state index is 11.8. The molecule has 1 N–H and O–H groups in total. The van der Waals surface area contributed by atoms with Gasteiger partial charge in [-0.1, -0.05) is 22.0 Å². The van der Waals surface area contributed by atoms with Gasteiger partial charge in [-0.25, -0.2) is 8.42 Å². The molecule has 0 radical (unpaired) electrons. The quantitative estimate of drug-likeness (QED) is 0.916. The maximum absolute atomic E-state index is 11.8. The van der Waals surface area contributed by atoms with Gasteiger partial charge in [-0.2, -0.15) is 0 Å². The van der Waals surface area contributed by atoms with E-state index in [4.69, 9.17) is 0 Å². The molecule has 100 valence electrons. The van der Waals surface area contributed by atoms with Crippen LogP contribution in [0.25, 0.3) is 0 Å². The van der Waals surface area contributed by atoms with Crippen molar-refractivity contribution in [3.05, 3.63) is 34.3 Å². The van der Waals surface area contributed by atoms with Gasteiger partial charge >= 0.3 is 0 Å². The normalized spacial score (nSPS) is 12.2. The second-order valence-electron chi connectivity index (χ2n) is 4.72. The lowest BCUT2D eigenvalue weighted by Gasteiger charge is -2.22. The lowest BCUT2D eigenvalue weighted by atomic mass is 10.2. The fourth-order valence-corrected chi connectivity index (χ4v) is 1.89. The van der Waals surface area contributed by atoms with Crippen LogP contribution in [0.5, 0.6) is 0 Å². The number of benzene rings is 1. The molecular formula is C12H16BrNO3S. The van der Waals surface area contributed by atoms with Gasteiger partial charge in [0.15, 0.2) is 9.84 Å². The molecule has 1 aromatic carbocycles. The number of rotatable bonds is 4. The maximum Gasteiger partial charge on any atom is 0.251 e. The molecule has 1 aromatic rings. The van der Waals surface area contributed by atoms with Crippen molar-refractivity contribution >= 4 is 31.7 Å². The Morgan fingerprint density at radius 3 is 2.50 bits per heavy atom. The molecule has 0 spiro atoms. The highest BCUT2D eigenvalue weighted by atomic mass is 79.9. The van der Waals surface area contributed by atoms with Gasteiger partial charge in [-0.3, -0.25) is 4.79 Å². The molecule has 0 aliphatic rings. The number of hydrogen-bond donors (Lipinski definition) is 1. The number of amides is 1.